The standard InChI is InChI=1S/C16H16ClNS3/c1-11(10-12-4-2-8-19-12)18-16(13-5-3-9-20-13)14-6-7-15(17)21-14/h2-9,11,16,18H,10H2,1H3. The van der Waals surface area contributed by atoms with Crippen molar-refractivity contribution in [2.75, 3.05) is 0 Å². The van der Waals surface area contributed by atoms with E-state index in [2.05, 4.69) is 53.3 Å². The molecule has 0 aromatic carbocycles. The third kappa shape index (κ3) is 3.96. The maximum atomic E-state index is 6.11. The van der Waals surface area contributed by atoms with Crippen LogP contribution in [0.25, 0.3) is 0 Å². The minimum Gasteiger partial charge on any atom is -0.302 e. The molecule has 5 heteroatoms. The van der Waals surface area contributed by atoms with Crippen LogP contribution in [0.15, 0.2) is 47.2 Å². The lowest BCUT2D eigenvalue weighted by molar-refractivity contribution is 0.507. The summed E-state index contributed by atoms with van der Waals surface area (Å²) in [4.78, 5) is 4.04. The van der Waals surface area contributed by atoms with Crippen molar-refractivity contribution < 1.29 is 0 Å². The Morgan fingerprint density at radius 3 is 2.48 bits per heavy atom. The fourth-order valence-corrected chi connectivity index (χ4v) is 5.17. The summed E-state index contributed by atoms with van der Waals surface area (Å²) < 4.78 is 0.847. The van der Waals surface area contributed by atoms with Gasteiger partial charge in [-0.3, -0.25) is 0 Å². The Morgan fingerprint density at radius 1 is 1.05 bits per heavy atom. The minimum atomic E-state index is 0.234. The van der Waals surface area contributed by atoms with Crippen LogP contribution in [-0.4, -0.2) is 6.04 Å². The second kappa shape index (κ2) is 7.07. The molecule has 0 aliphatic carbocycles. The first-order valence-electron chi connectivity index (χ1n) is 6.79. The fraction of sp³-hybridized carbons (Fsp3) is 0.250. The Balaban J connectivity index is 1.76. The SMILES string of the molecule is CC(Cc1cccs1)NC(c1cccs1)c1ccc(Cl)s1. The molecule has 3 heterocycles. The number of hydrogen-bond acceptors (Lipinski definition) is 4. The Kier molecular flexibility index (Phi) is 5.14. The predicted molar refractivity (Wildman–Crippen MR) is 96.1 cm³/mol. The van der Waals surface area contributed by atoms with E-state index in [0.717, 1.165) is 10.8 Å². The summed E-state index contributed by atoms with van der Waals surface area (Å²) in [6.07, 6.45) is 1.05. The van der Waals surface area contributed by atoms with E-state index in [1.807, 2.05) is 17.4 Å². The summed E-state index contributed by atoms with van der Waals surface area (Å²) in [6, 6.07) is 13.4. The molecule has 0 saturated carbocycles. The lowest BCUT2D eigenvalue weighted by Crippen LogP contribution is -2.31. The van der Waals surface area contributed by atoms with Crippen molar-refractivity contribution in [1.29, 1.82) is 0 Å². The van der Waals surface area contributed by atoms with Gasteiger partial charge in [0.1, 0.15) is 0 Å². The third-order valence-corrected chi connectivity index (χ3v) is 6.38. The minimum absolute atomic E-state index is 0.234. The van der Waals surface area contributed by atoms with Crippen LogP contribution >= 0.6 is 45.6 Å². The second-order valence-electron chi connectivity index (χ2n) is 4.94. The molecule has 21 heavy (non-hydrogen) atoms. The first-order valence-corrected chi connectivity index (χ1v) is 9.75. The molecule has 1 N–H and O–H groups in total. The average molecular weight is 354 g/mol. The second-order valence-corrected chi connectivity index (χ2v) is 8.70. The number of rotatable bonds is 6. The van der Waals surface area contributed by atoms with Gasteiger partial charge in [-0.2, -0.15) is 0 Å². The Labute approximate surface area is 142 Å². The highest BCUT2D eigenvalue weighted by Gasteiger charge is 2.19. The van der Waals surface area contributed by atoms with Gasteiger partial charge in [-0.15, -0.1) is 34.0 Å². The average Bonchev–Trinajstić information content (AvgIpc) is 3.18. The molecule has 0 aliphatic rings. The molecule has 1 nitrogen and oxygen atoms in total. The van der Waals surface area contributed by atoms with E-state index in [-0.39, 0.29) is 6.04 Å². The molecule has 3 rings (SSSR count). The molecule has 110 valence electrons. The molecule has 2 unspecified atom stereocenters. The van der Waals surface area contributed by atoms with Gasteiger partial charge < -0.3 is 5.32 Å². The fourth-order valence-electron chi connectivity index (χ4n) is 2.32. The van der Waals surface area contributed by atoms with E-state index < -0.39 is 0 Å². The van der Waals surface area contributed by atoms with Crippen LogP contribution in [0.2, 0.25) is 4.34 Å². The predicted octanol–water partition coefficient (Wildman–Crippen LogP) is 5.83. The first kappa shape index (κ1) is 15.3. The van der Waals surface area contributed by atoms with Gasteiger partial charge in [-0.25, -0.2) is 0 Å². The summed E-state index contributed by atoms with van der Waals surface area (Å²) in [6.45, 7) is 2.25. The molecule has 0 spiro atoms. The van der Waals surface area contributed by atoms with Gasteiger partial charge in [0.15, 0.2) is 0 Å². The molecule has 2 atom stereocenters. The lowest BCUT2D eigenvalue weighted by Gasteiger charge is -2.21. The van der Waals surface area contributed by atoms with Crippen LogP contribution in [0.3, 0.4) is 0 Å². The van der Waals surface area contributed by atoms with E-state index >= 15 is 0 Å². The van der Waals surface area contributed by atoms with Crippen molar-refractivity contribution in [3.63, 3.8) is 0 Å². The molecule has 0 fully saturated rings. The summed E-state index contributed by atoms with van der Waals surface area (Å²) in [5.41, 5.74) is 0. The number of hydrogen-bond donors (Lipinski definition) is 1. The van der Waals surface area contributed by atoms with E-state index in [1.54, 1.807) is 22.7 Å². The van der Waals surface area contributed by atoms with E-state index in [0.29, 0.717) is 6.04 Å². The van der Waals surface area contributed by atoms with Crippen molar-refractivity contribution in [1.82, 2.24) is 5.32 Å². The van der Waals surface area contributed by atoms with Crippen LogP contribution in [0.1, 0.15) is 27.6 Å². The first-order chi connectivity index (χ1) is 10.2. The molecule has 0 aliphatic heterocycles. The summed E-state index contributed by atoms with van der Waals surface area (Å²) >= 11 is 11.4. The zero-order chi connectivity index (χ0) is 14.7. The third-order valence-electron chi connectivity index (χ3n) is 3.24. The largest absolute Gasteiger partial charge is 0.302 e. The monoisotopic (exact) mass is 353 g/mol. The highest BCUT2D eigenvalue weighted by atomic mass is 35.5. The summed E-state index contributed by atoms with van der Waals surface area (Å²) in [5, 5.41) is 8.02. The van der Waals surface area contributed by atoms with Crippen LogP contribution < -0.4 is 5.32 Å². The smallest absolute Gasteiger partial charge is 0.0931 e. The molecular formula is C16H16ClNS3. The van der Waals surface area contributed by atoms with Gasteiger partial charge in [-0.05, 0) is 48.4 Å². The van der Waals surface area contributed by atoms with Gasteiger partial charge in [0.25, 0.3) is 0 Å². The zero-order valence-electron chi connectivity index (χ0n) is 11.6. The van der Waals surface area contributed by atoms with Gasteiger partial charge in [0.05, 0.1) is 10.4 Å². The molecule has 3 aromatic rings. The van der Waals surface area contributed by atoms with E-state index in [4.69, 9.17) is 11.6 Å². The highest BCUT2D eigenvalue weighted by molar-refractivity contribution is 7.16. The van der Waals surface area contributed by atoms with Crippen LogP contribution in [0, 0.1) is 0 Å². The molecule has 0 saturated heterocycles. The van der Waals surface area contributed by atoms with Crippen molar-refractivity contribution in [3.05, 3.63) is 66.1 Å². The van der Waals surface area contributed by atoms with Crippen molar-refractivity contribution in [2.24, 2.45) is 0 Å². The zero-order valence-corrected chi connectivity index (χ0v) is 14.8. The van der Waals surface area contributed by atoms with Crippen molar-refractivity contribution in [2.45, 2.75) is 25.4 Å². The molecule has 0 amide bonds. The Morgan fingerprint density at radius 2 is 1.86 bits per heavy atom. The van der Waals surface area contributed by atoms with Crippen LogP contribution in [0.4, 0.5) is 0 Å². The maximum absolute atomic E-state index is 6.11. The number of halogens is 1. The number of nitrogens with one attached hydrogen (secondary N) is 1. The Bertz CT molecular complexity index is 658. The molecular weight excluding hydrogens is 338 g/mol. The highest BCUT2D eigenvalue weighted by Crippen LogP contribution is 2.33. The normalized spacial score (nSPS) is 14.2. The van der Waals surface area contributed by atoms with E-state index in [1.165, 1.54) is 14.6 Å². The van der Waals surface area contributed by atoms with Gasteiger partial charge in [-0.1, -0.05) is 23.7 Å². The Hall–Kier alpha value is -0.650. The van der Waals surface area contributed by atoms with Crippen molar-refractivity contribution in [3.8, 4) is 0 Å². The van der Waals surface area contributed by atoms with Gasteiger partial charge >= 0.3 is 0 Å². The quantitative estimate of drug-likeness (QED) is 0.587. The van der Waals surface area contributed by atoms with Gasteiger partial charge in [0.2, 0.25) is 0 Å². The summed E-state index contributed by atoms with van der Waals surface area (Å²) in [5.74, 6) is 0. The molecule has 0 bridgehead atoms. The van der Waals surface area contributed by atoms with Crippen LogP contribution in [0.5, 0.6) is 0 Å². The lowest BCUT2D eigenvalue weighted by atomic mass is 10.1. The van der Waals surface area contributed by atoms with Gasteiger partial charge in [0, 0.05) is 20.7 Å². The molecule has 3 aromatic heterocycles. The van der Waals surface area contributed by atoms with Crippen LogP contribution in [-0.2, 0) is 6.42 Å². The number of thiophene rings is 3. The molecule has 0 radical (unpaired) electrons. The summed E-state index contributed by atoms with van der Waals surface area (Å²) in [7, 11) is 0. The maximum Gasteiger partial charge on any atom is 0.0931 e. The van der Waals surface area contributed by atoms with E-state index in [9.17, 15) is 0 Å². The topological polar surface area (TPSA) is 12.0 Å². The van der Waals surface area contributed by atoms with Crippen molar-refractivity contribution >= 4 is 45.6 Å².